The fraction of sp³-hybridized carbons (Fsp3) is 1.00. The standard InChI is InChI=1S/C19H45NO4S2.C3H8/c1-8-17-26(23-11-4,24-12-5)19-14-16-20(6)15-13-18-25(7,21-9-2)22-10-3;1-3-2/h8-19H2,1-7H3;3H2,1-2H3. The molecule has 0 unspecified atom stereocenters. The highest BCUT2D eigenvalue weighted by atomic mass is 32.3. The summed E-state index contributed by atoms with van der Waals surface area (Å²) in [7, 11) is -0.526. The average molecular weight is 460 g/mol. The molecule has 0 fully saturated rings. The lowest BCUT2D eigenvalue weighted by Crippen LogP contribution is -2.25. The monoisotopic (exact) mass is 459 g/mol. The first-order valence-electron chi connectivity index (χ1n) is 11.6. The van der Waals surface area contributed by atoms with Crippen LogP contribution in [0.3, 0.4) is 0 Å². The van der Waals surface area contributed by atoms with Crippen molar-refractivity contribution >= 4 is 21.2 Å². The van der Waals surface area contributed by atoms with E-state index in [1.165, 1.54) is 6.42 Å². The molecule has 0 amide bonds. The smallest absolute Gasteiger partial charge is 0.0685 e. The Kier molecular flexibility index (Phi) is 22.3. The van der Waals surface area contributed by atoms with Gasteiger partial charge in [0.15, 0.2) is 0 Å². The minimum atomic E-state index is -1.36. The molecule has 0 aromatic carbocycles. The zero-order chi connectivity index (χ0) is 22.6. The van der Waals surface area contributed by atoms with Crippen molar-refractivity contribution in [2.24, 2.45) is 0 Å². The van der Waals surface area contributed by atoms with Gasteiger partial charge >= 0.3 is 0 Å². The van der Waals surface area contributed by atoms with Gasteiger partial charge in [-0.1, -0.05) is 27.2 Å². The van der Waals surface area contributed by atoms with Gasteiger partial charge in [0.1, 0.15) is 0 Å². The molecule has 0 atom stereocenters. The van der Waals surface area contributed by atoms with Gasteiger partial charge in [-0.05, 0) is 67.1 Å². The molecule has 0 spiro atoms. The predicted molar refractivity (Wildman–Crippen MR) is 135 cm³/mol. The van der Waals surface area contributed by atoms with E-state index < -0.39 is 21.2 Å². The number of hydrogen-bond acceptors (Lipinski definition) is 5. The molecular formula is C22H53NO4S2. The summed E-state index contributed by atoms with van der Waals surface area (Å²) in [5.74, 6) is 3.08. The van der Waals surface area contributed by atoms with Gasteiger partial charge in [0.25, 0.3) is 0 Å². The molecule has 182 valence electrons. The molecule has 0 aromatic rings. The molecule has 0 aliphatic heterocycles. The molecule has 0 aromatic heterocycles. The first-order chi connectivity index (χ1) is 13.8. The Morgan fingerprint density at radius 2 is 1.03 bits per heavy atom. The van der Waals surface area contributed by atoms with E-state index in [1.807, 2.05) is 13.8 Å². The van der Waals surface area contributed by atoms with E-state index in [1.54, 1.807) is 0 Å². The first kappa shape index (κ1) is 31.7. The van der Waals surface area contributed by atoms with Crippen LogP contribution in [0.1, 0.15) is 74.1 Å². The van der Waals surface area contributed by atoms with Crippen LogP contribution in [0.25, 0.3) is 0 Å². The number of rotatable bonds is 18. The Morgan fingerprint density at radius 1 is 0.621 bits per heavy atom. The SMILES string of the molecule is CCC.CCCS(CCCN(C)CCCS(C)(OCC)OCC)(OCC)OCC. The zero-order valence-electron chi connectivity index (χ0n) is 21.1. The molecule has 0 aliphatic carbocycles. The zero-order valence-corrected chi connectivity index (χ0v) is 22.7. The van der Waals surface area contributed by atoms with Gasteiger partial charge in [0.2, 0.25) is 0 Å². The van der Waals surface area contributed by atoms with E-state index in [-0.39, 0.29) is 0 Å². The van der Waals surface area contributed by atoms with Crippen molar-refractivity contribution in [2.45, 2.75) is 74.1 Å². The van der Waals surface area contributed by atoms with Crippen molar-refractivity contribution in [3.8, 4) is 0 Å². The van der Waals surface area contributed by atoms with Crippen LogP contribution in [0.5, 0.6) is 0 Å². The van der Waals surface area contributed by atoms with Gasteiger partial charge < -0.3 is 4.90 Å². The van der Waals surface area contributed by atoms with Crippen molar-refractivity contribution in [3.63, 3.8) is 0 Å². The number of hydrogen-bond donors (Lipinski definition) is 0. The summed E-state index contributed by atoms with van der Waals surface area (Å²) in [6.45, 7) is 19.7. The second-order valence-corrected chi connectivity index (χ2v) is 12.6. The quantitative estimate of drug-likeness (QED) is 0.232. The third kappa shape index (κ3) is 16.8. The third-order valence-electron chi connectivity index (χ3n) is 3.96. The summed E-state index contributed by atoms with van der Waals surface area (Å²) in [6.07, 6.45) is 6.72. The van der Waals surface area contributed by atoms with Gasteiger partial charge in [0.05, 0.1) is 26.4 Å². The minimum absolute atomic E-state index is 0.721. The van der Waals surface area contributed by atoms with E-state index in [9.17, 15) is 0 Å². The molecule has 0 heterocycles. The Morgan fingerprint density at radius 3 is 1.41 bits per heavy atom. The molecule has 7 heteroatoms. The Balaban J connectivity index is 0. The van der Waals surface area contributed by atoms with Crippen LogP contribution in [0.4, 0.5) is 0 Å². The molecule has 29 heavy (non-hydrogen) atoms. The molecule has 0 saturated carbocycles. The molecule has 0 bridgehead atoms. The molecule has 0 rings (SSSR count). The van der Waals surface area contributed by atoms with Crippen LogP contribution >= 0.6 is 21.2 Å². The Bertz CT molecular complexity index is 326. The van der Waals surface area contributed by atoms with E-state index >= 15 is 0 Å². The number of nitrogens with zero attached hydrogens (tertiary/aromatic N) is 1. The maximum absolute atomic E-state index is 6.08. The summed E-state index contributed by atoms with van der Waals surface area (Å²) >= 11 is 0. The maximum Gasteiger partial charge on any atom is 0.0685 e. The van der Waals surface area contributed by atoms with Gasteiger partial charge in [0, 0.05) is 23.5 Å². The van der Waals surface area contributed by atoms with Crippen LogP contribution in [0.2, 0.25) is 0 Å². The fourth-order valence-corrected chi connectivity index (χ4v) is 7.77. The maximum atomic E-state index is 6.08. The fourth-order valence-electron chi connectivity index (χ4n) is 3.03. The van der Waals surface area contributed by atoms with Crippen molar-refractivity contribution in [2.75, 3.05) is 70.1 Å². The second-order valence-electron chi connectivity index (χ2n) is 7.13. The first-order valence-corrected chi connectivity index (χ1v) is 15.5. The van der Waals surface area contributed by atoms with Crippen molar-refractivity contribution < 1.29 is 16.7 Å². The van der Waals surface area contributed by atoms with Gasteiger partial charge in [-0.15, -0.1) is 0 Å². The summed E-state index contributed by atoms with van der Waals surface area (Å²) in [4.78, 5) is 2.41. The van der Waals surface area contributed by atoms with Crippen LogP contribution in [-0.2, 0) is 16.7 Å². The highest BCUT2D eigenvalue weighted by Crippen LogP contribution is 2.51. The molecule has 0 aliphatic rings. The summed E-state index contributed by atoms with van der Waals surface area (Å²) in [6, 6.07) is 0. The normalized spacial score (nSPS) is 13.3. The van der Waals surface area contributed by atoms with E-state index in [2.05, 4.69) is 52.8 Å². The lowest BCUT2D eigenvalue weighted by atomic mass is 10.4. The van der Waals surface area contributed by atoms with E-state index in [4.69, 9.17) is 16.7 Å². The minimum Gasteiger partial charge on any atom is -0.306 e. The summed E-state index contributed by atoms with van der Waals surface area (Å²) < 4.78 is 23.9. The average Bonchev–Trinajstić information content (AvgIpc) is 2.63. The Hall–Kier alpha value is 0.500. The highest BCUT2D eigenvalue weighted by Gasteiger charge is 2.20. The van der Waals surface area contributed by atoms with Gasteiger partial charge in [-0.25, -0.2) is 0 Å². The molecule has 0 radical (unpaired) electrons. The van der Waals surface area contributed by atoms with Crippen molar-refractivity contribution in [1.29, 1.82) is 0 Å². The van der Waals surface area contributed by atoms with E-state index in [0.717, 1.165) is 76.0 Å². The highest BCUT2D eigenvalue weighted by molar-refractivity contribution is 8.26. The molecule has 0 N–H and O–H groups in total. The van der Waals surface area contributed by atoms with Gasteiger partial charge in [-0.3, -0.25) is 16.7 Å². The predicted octanol–water partition coefficient (Wildman–Crippen LogP) is 6.57. The van der Waals surface area contributed by atoms with Crippen LogP contribution in [0.15, 0.2) is 0 Å². The van der Waals surface area contributed by atoms with Crippen LogP contribution < -0.4 is 0 Å². The second kappa shape index (κ2) is 20.4. The van der Waals surface area contributed by atoms with Crippen LogP contribution in [0, 0.1) is 0 Å². The van der Waals surface area contributed by atoms with Crippen molar-refractivity contribution in [1.82, 2.24) is 4.90 Å². The van der Waals surface area contributed by atoms with Crippen molar-refractivity contribution in [3.05, 3.63) is 0 Å². The van der Waals surface area contributed by atoms with E-state index in [0.29, 0.717) is 0 Å². The lowest BCUT2D eigenvalue weighted by molar-refractivity contribution is 0.270. The topological polar surface area (TPSA) is 40.2 Å². The van der Waals surface area contributed by atoms with Gasteiger partial charge in [-0.2, -0.15) is 21.2 Å². The molecular weight excluding hydrogens is 406 g/mol. The largest absolute Gasteiger partial charge is 0.306 e. The van der Waals surface area contributed by atoms with Crippen LogP contribution in [-0.4, -0.2) is 75.0 Å². The molecule has 0 saturated heterocycles. The Labute approximate surface area is 187 Å². The lowest BCUT2D eigenvalue weighted by Gasteiger charge is -2.43. The molecule has 5 nitrogen and oxygen atoms in total. The summed E-state index contributed by atoms with van der Waals surface area (Å²) in [5.41, 5.74) is 0. The third-order valence-corrected chi connectivity index (χ3v) is 9.74. The summed E-state index contributed by atoms with van der Waals surface area (Å²) in [5, 5.41) is 0.